The van der Waals surface area contributed by atoms with E-state index in [9.17, 15) is 4.79 Å². The molecule has 28 heavy (non-hydrogen) atoms. The largest absolute Gasteiger partial charge is 0.493 e. The summed E-state index contributed by atoms with van der Waals surface area (Å²) < 4.78 is 13.3. The molecule has 1 aromatic heterocycles. The van der Waals surface area contributed by atoms with E-state index in [0.717, 1.165) is 52.4 Å². The van der Waals surface area contributed by atoms with Crippen LogP contribution >= 0.6 is 0 Å². The lowest BCUT2D eigenvalue weighted by Gasteiger charge is -2.28. The van der Waals surface area contributed by atoms with Crippen molar-refractivity contribution in [3.05, 3.63) is 80.6 Å². The van der Waals surface area contributed by atoms with E-state index in [4.69, 9.17) is 9.47 Å². The van der Waals surface area contributed by atoms with Gasteiger partial charge in [0.2, 0.25) is 0 Å². The predicted octanol–water partition coefficient (Wildman–Crippen LogP) is 4.30. The van der Waals surface area contributed by atoms with Crippen LogP contribution in [0.5, 0.6) is 11.5 Å². The molecule has 0 spiro atoms. The first-order valence-corrected chi connectivity index (χ1v) is 9.57. The fourth-order valence-corrected chi connectivity index (χ4v) is 4.25. The molecule has 3 aromatic rings. The SMILES string of the molecule is COc1cc2c(cc1OC)-c1c(C)c(=O)c(Cc3ccccc3)c(C)n1CC2. The number of aryl methyl sites for hydroxylation is 1. The summed E-state index contributed by atoms with van der Waals surface area (Å²) in [7, 11) is 3.29. The topological polar surface area (TPSA) is 40.5 Å². The molecule has 0 fully saturated rings. The zero-order valence-corrected chi connectivity index (χ0v) is 16.8. The molecule has 4 rings (SSSR count). The number of benzene rings is 2. The Balaban J connectivity index is 1.91. The van der Waals surface area contributed by atoms with Crippen LogP contribution in [0.25, 0.3) is 11.3 Å². The Labute approximate surface area is 165 Å². The Hall–Kier alpha value is -3.01. The minimum absolute atomic E-state index is 0.134. The minimum atomic E-state index is 0.134. The Morgan fingerprint density at radius 2 is 1.68 bits per heavy atom. The van der Waals surface area contributed by atoms with Crippen LogP contribution in [0.3, 0.4) is 0 Å². The lowest BCUT2D eigenvalue weighted by atomic mass is 9.91. The van der Waals surface area contributed by atoms with Gasteiger partial charge in [-0.25, -0.2) is 0 Å². The average Bonchev–Trinajstić information content (AvgIpc) is 2.74. The van der Waals surface area contributed by atoms with Gasteiger partial charge in [0.15, 0.2) is 16.9 Å². The molecule has 0 bridgehead atoms. The first kappa shape index (κ1) is 18.4. The van der Waals surface area contributed by atoms with Crippen molar-refractivity contribution in [2.24, 2.45) is 0 Å². The summed E-state index contributed by atoms with van der Waals surface area (Å²) in [4.78, 5) is 13.3. The van der Waals surface area contributed by atoms with E-state index < -0.39 is 0 Å². The highest BCUT2D eigenvalue weighted by atomic mass is 16.5. The molecule has 0 saturated carbocycles. The lowest BCUT2D eigenvalue weighted by molar-refractivity contribution is 0.354. The summed E-state index contributed by atoms with van der Waals surface area (Å²) in [6.45, 7) is 4.86. The third kappa shape index (κ3) is 2.89. The summed E-state index contributed by atoms with van der Waals surface area (Å²) in [6, 6.07) is 14.2. The molecule has 144 valence electrons. The smallest absolute Gasteiger partial charge is 0.188 e. The van der Waals surface area contributed by atoms with Gasteiger partial charge in [0, 0.05) is 35.3 Å². The van der Waals surface area contributed by atoms with Gasteiger partial charge in [-0.2, -0.15) is 0 Å². The van der Waals surface area contributed by atoms with E-state index >= 15 is 0 Å². The molecule has 1 aliphatic rings. The van der Waals surface area contributed by atoms with Crippen LogP contribution in [0.15, 0.2) is 47.3 Å². The Kier molecular flexibility index (Phi) is 4.71. The van der Waals surface area contributed by atoms with E-state index in [1.165, 1.54) is 5.56 Å². The summed E-state index contributed by atoms with van der Waals surface area (Å²) in [5, 5.41) is 0. The van der Waals surface area contributed by atoms with Crippen LogP contribution in [0.1, 0.15) is 27.9 Å². The highest BCUT2D eigenvalue weighted by Gasteiger charge is 2.25. The molecule has 4 nitrogen and oxygen atoms in total. The minimum Gasteiger partial charge on any atom is -0.493 e. The highest BCUT2D eigenvalue weighted by molar-refractivity contribution is 5.73. The fraction of sp³-hybridized carbons (Fsp3) is 0.292. The first-order valence-electron chi connectivity index (χ1n) is 9.57. The molecule has 0 atom stereocenters. The van der Waals surface area contributed by atoms with Gasteiger partial charge >= 0.3 is 0 Å². The summed E-state index contributed by atoms with van der Waals surface area (Å²) in [5.74, 6) is 1.42. The van der Waals surface area contributed by atoms with E-state index in [1.807, 2.05) is 37.3 Å². The normalized spacial score (nSPS) is 12.3. The second-order valence-electron chi connectivity index (χ2n) is 7.30. The molecule has 0 aliphatic carbocycles. The van der Waals surface area contributed by atoms with Crippen molar-refractivity contribution in [3.63, 3.8) is 0 Å². The van der Waals surface area contributed by atoms with Gasteiger partial charge in [0.25, 0.3) is 0 Å². The Bertz CT molecular complexity index is 1100. The van der Waals surface area contributed by atoms with Gasteiger partial charge in [-0.15, -0.1) is 0 Å². The number of hydrogen-bond donors (Lipinski definition) is 0. The molecule has 2 aromatic carbocycles. The zero-order chi connectivity index (χ0) is 19.8. The Morgan fingerprint density at radius 3 is 2.36 bits per heavy atom. The van der Waals surface area contributed by atoms with Crippen LogP contribution in [-0.2, 0) is 19.4 Å². The number of methoxy groups -OCH3 is 2. The number of rotatable bonds is 4. The summed E-state index contributed by atoms with van der Waals surface area (Å²) in [5.41, 5.74) is 7.28. The zero-order valence-electron chi connectivity index (χ0n) is 16.8. The monoisotopic (exact) mass is 375 g/mol. The molecule has 0 radical (unpaired) electrons. The number of aromatic nitrogens is 1. The third-order valence-corrected chi connectivity index (χ3v) is 5.77. The summed E-state index contributed by atoms with van der Waals surface area (Å²) in [6.07, 6.45) is 1.56. The fourth-order valence-electron chi connectivity index (χ4n) is 4.25. The maximum Gasteiger partial charge on any atom is 0.188 e. The van der Waals surface area contributed by atoms with Gasteiger partial charge < -0.3 is 14.0 Å². The molecule has 0 unspecified atom stereocenters. The lowest BCUT2D eigenvalue weighted by Crippen LogP contribution is -2.26. The Morgan fingerprint density at radius 1 is 1.00 bits per heavy atom. The van der Waals surface area contributed by atoms with E-state index in [2.05, 4.69) is 23.6 Å². The van der Waals surface area contributed by atoms with Crippen LogP contribution < -0.4 is 14.9 Å². The third-order valence-electron chi connectivity index (χ3n) is 5.77. The van der Waals surface area contributed by atoms with Gasteiger partial charge in [-0.05, 0) is 43.5 Å². The van der Waals surface area contributed by atoms with Crippen LogP contribution in [0, 0.1) is 13.8 Å². The van der Waals surface area contributed by atoms with Crippen LogP contribution in [0.2, 0.25) is 0 Å². The molecular formula is C24H25NO3. The van der Waals surface area contributed by atoms with Crippen molar-refractivity contribution in [2.75, 3.05) is 14.2 Å². The second-order valence-corrected chi connectivity index (χ2v) is 7.30. The van der Waals surface area contributed by atoms with Crippen LogP contribution in [0.4, 0.5) is 0 Å². The number of ether oxygens (including phenoxy) is 2. The van der Waals surface area contributed by atoms with Crippen molar-refractivity contribution in [2.45, 2.75) is 33.2 Å². The van der Waals surface area contributed by atoms with Gasteiger partial charge in [-0.1, -0.05) is 30.3 Å². The maximum atomic E-state index is 13.3. The van der Waals surface area contributed by atoms with Crippen molar-refractivity contribution < 1.29 is 9.47 Å². The highest BCUT2D eigenvalue weighted by Crippen LogP contribution is 2.39. The van der Waals surface area contributed by atoms with E-state index in [0.29, 0.717) is 12.2 Å². The standard InChI is InChI=1S/C24H25NO3/c1-15-23-20-14-22(28-4)21(27-3)13-18(20)10-11-25(23)16(2)19(24(15)26)12-17-8-6-5-7-9-17/h5-9,13-14H,10-12H2,1-4H3. The number of hydrogen-bond acceptors (Lipinski definition) is 3. The van der Waals surface area contributed by atoms with Gasteiger partial charge in [-0.3, -0.25) is 4.79 Å². The molecule has 0 N–H and O–H groups in total. The molecular weight excluding hydrogens is 350 g/mol. The molecule has 0 amide bonds. The molecule has 4 heteroatoms. The molecule has 1 aliphatic heterocycles. The first-order chi connectivity index (χ1) is 13.5. The van der Waals surface area contributed by atoms with Crippen molar-refractivity contribution in [1.29, 1.82) is 0 Å². The van der Waals surface area contributed by atoms with Crippen molar-refractivity contribution in [3.8, 4) is 22.8 Å². The van der Waals surface area contributed by atoms with E-state index in [-0.39, 0.29) is 5.43 Å². The number of pyridine rings is 1. The number of nitrogens with zero attached hydrogens (tertiary/aromatic N) is 1. The summed E-state index contributed by atoms with van der Waals surface area (Å²) >= 11 is 0. The average molecular weight is 375 g/mol. The van der Waals surface area contributed by atoms with Crippen molar-refractivity contribution in [1.82, 2.24) is 4.57 Å². The molecule has 2 heterocycles. The maximum absolute atomic E-state index is 13.3. The van der Waals surface area contributed by atoms with E-state index in [1.54, 1.807) is 14.2 Å². The molecule has 0 saturated heterocycles. The quantitative estimate of drug-likeness (QED) is 0.683. The van der Waals surface area contributed by atoms with Gasteiger partial charge in [0.05, 0.1) is 19.9 Å². The van der Waals surface area contributed by atoms with Gasteiger partial charge in [0.1, 0.15) is 0 Å². The number of fused-ring (bicyclic) bond motifs is 3. The predicted molar refractivity (Wildman–Crippen MR) is 112 cm³/mol. The second kappa shape index (κ2) is 7.19. The van der Waals surface area contributed by atoms with Crippen molar-refractivity contribution >= 4 is 0 Å². The van der Waals surface area contributed by atoms with Crippen LogP contribution in [-0.4, -0.2) is 18.8 Å².